The van der Waals surface area contributed by atoms with Crippen LogP contribution in [0.25, 0.3) is 0 Å². The summed E-state index contributed by atoms with van der Waals surface area (Å²) in [5.41, 5.74) is 0.438. The number of carbonyl (C=O) groups excluding carboxylic acids is 1. The normalized spacial score (nSPS) is 18.6. The largest absolute Gasteiger partial charge is 0.459 e. The second-order valence-corrected chi connectivity index (χ2v) is 4.05. The molecule has 0 aromatic rings. The molecule has 84 valence electrons. The van der Waals surface area contributed by atoms with Gasteiger partial charge in [0.15, 0.2) is 0 Å². The van der Waals surface area contributed by atoms with Crippen LogP contribution in [0.15, 0.2) is 12.2 Å². The Balaban J connectivity index is 2.32. The number of rotatable bonds is 3. The van der Waals surface area contributed by atoms with Crippen molar-refractivity contribution in [2.24, 2.45) is 0 Å². The van der Waals surface area contributed by atoms with E-state index in [2.05, 4.69) is 6.58 Å². The number of hydrogen-bond acceptors (Lipinski definition) is 4. The monoisotopic (exact) mass is 211 g/mol. The van der Waals surface area contributed by atoms with E-state index in [4.69, 9.17) is 4.74 Å². The molecule has 0 unspecified atom stereocenters. The molecule has 1 N–H and O–H groups in total. The van der Waals surface area contributed by atoms with E-state index in [1.807, 2.05) is 4.81 Å². The van der Waals surface area contributed by atoms with E-state index in [1.165, 1.54) is 0 Å². The Labute approximate surface area is 91.0 Å². The first kappa shape index (κ1) is 12.3. The van der Waals surface area contributed by atoms with Crippen LogP contribution < -0.4 is 0 Å². The lowest BCUT2D eigenvalue weighted by Crippen LogP contribution is -2.45. The average Bonchev–Trinajstić information content (AvgIpc) is 2.18. The first-order valence-corrected chi connectivity index (χ1v) is 5.29. The van der Waals surface area contributed by atoms with Gasteiger partial charge in [0.1, 0.15) is 6.10 Å². The summed E-state index contributed by atoms with van der Waals surface area (Å²) in [5, 5.41) is 9.34. The zero-order valence-electron chi connectivity index (χ0n) is 9.40. The van der Waals surface area contributed by atoms with Gasteiger partial charge in [-0.25, -0.2) is 4.79 Å². The van der Waals surface area contributed by atoms with Crippen molar-refractivity contribution in [1.29, 1.82) is 0 Å². The third kappa shape index (κ3) is 3.68. The van der Waals surface area contributed by atoms with Gasteiger partial charge in [-0.05, 0) is 39.7 Å². The molecule has 15 heavy (non-hydrogen) atoms. The quantitative estimate of drug-likeness (QED) is 0.423. The van der Waals surface area contributed by atoms with Gasteiger partial charge in [0, 0.05) is 5.57 Å². The van der Waals surface area contributed by atoms with Crippen LogP contribution in [0.5, 0.6) is 0 Å². The molecule has 0 aliphatic carbocycles. The zero-order chi connectivity index (χ0) is 11.4. The molecule has 0 aromatic heterocycles. The van der Waals surface area contributed by atoms with Crippen LogP contribution in [0.1, 0.15) is 19.8 Å². The van der Waals surface area contributed by atoms with Crippen LogP contribution in [0, 0.1) is 0 Å². The van der Waals surface area contributed by atoms with Crippen LogP contribution in [0.4, 0.5) is 0 Å². The van der Waals surface area contributed by atoms with Crippen LogP contribution in [0.3, 0.4) is 0 Å². The molecule has 4 nitrogen and oxygen atoms in total. The molecule has 1 saturated heterocycles. The third-order valence-corrected chi connectivity index (χ3v) is 2.63. The first-order chi connectivity index (χ1) is 7.00. The highest BCUT2D eigenvalue weighted by atomic mass is 16.5. The summed E-state index contributed by atoms with van der Waals surface area (Å²) < 4.78 is 5.23. The van der Waals surface area contributed by atoms with Gasteiger partial charge in [-0.1, -0.05) is 6.58 Å². The molecule has 0 bridgehead atoms. The van der Waals surface area contributed by atoms with Gasteiger partial charge in [0.25, 0.3) is 0 Å². The van der Waals surface area contributed by atoms with Crippen molar-refractivity contribution >= 4 is 13.0 Å². The number of esters is 1. The first-order valence-electron chi connectivity index (χ1n) is 5.29. The lowest BCUT2D eigenvalue weighted by Gasteiger charge is -2.32. The summed E-state index contributed by atoms with van der Waals surface area (Å²) in [4.78, 5) is 13.2. The zero-order valence-corrected chi connectivity index (χ0v) is 9.40. The Morgan fingerprint density at radius 2 is 2.07 bits per heavy atom. The summed E-state index contributed by atoms with van der Waals surface area (Å²) in [7, 11) is -0.414. The van der Waals surface area contributed by atoms with Crippen molar-refractivity contribution in [2.45, 2.75) is 32.7 Å². The molecule has 1 aliphatic heterocycles. The Kier molecular flexibility index (Phi) is 4.35. The highest BCUT2D eigenvalue weighted by molar-refractivity contribution is 6.45. The highest BCUT2D eigenvalue weighted by Gasteiger charge is 2.25. The lowest BCUT2D eigenvalue weighted by atomic mass is 9.82. The molecule has 0 radical (unpaired) electrons. The maximum absolute atomic E-state index is 11.2. The topological polar surface area (TPSA) is 49.8 Å². The summed E-state index contributed by atoms with van der Waals surface area (Å²) in [6.45, 7) is 8.47. The second-order valence-electron chi connectivity index (χ2n) is 4.05. The van der Waals surface area contributed by atoms with Crippen molar-refractivity contribution in [3.8, 4) is 0 Å². The van der Waals surface area contributed by atoms with Gasteiger partial charge in [-0.2, -0.15) is 0 Å². The molecule has 0 amide bonds. The van der Waals surface area contributed by atoms with E-state index in [9.17, 15) is 9.82 Å². The van der Waals surface area contributed by atoms with Crippen LogP contribution >= 0.6 is 0 Å². The molecular formula is C10H18BNO3. The number of carbonyl (C=O) groups is 1. The van der Waals surface area contributed by atoms with Crippen molar-refractivity contribution in [3.63, 3.8) is 0 Å². The molecule has 1 heterocycles. The molecule has 1 fully saturated rings. The minimum Gasteiger partial charge on any atom is -0.459 e. The van der Waals surface area contributed by atoms with Crippen molar-refractivity contribution < 1.29 is 14.6 Å². The number of nitrogens with zero attached hydrogens (tertiary/aromatic N) is 1. The van der Waals surface area contributed by atoms with Gasteiger partial charge in [-0.15, -0.1) is 0 Å². The van der Waals surface area contributed by atoms with Crippen LogP contribution in [-0.2, 0) is 9.53 Å². The third-order valence-electron chi connectivity index (χ3n) is 2.63. The molecule has 0 spiro atoms. The van der Waals surface area contributed by atoms with E-state index >= 15 is 0 Å². The van der Waals surface area contributed by atoms with E-state index < -0.39 is 7.05 Å². The van der Waals surface area contributed by atoms with Crippen molar-refractivity contribution in [3.05, 3.63) is 12.2 Å². The second kappa shape index (κ2) is 5.33. The molecule has 0 saturated carbocycles. The van der Waals surface area contributed by atoms with Gasteiger partial charge in [0.05, 0.1) is 0 Å². The smallest absolute Gasteiger partial charge is 0.376 e. The standard InChI is InChI=1S/C10H18BNO3/c1-8(2)10(13)15-9-4-6-12(7-5-9)11(3)14/h9,14H,1,4-7H2,2-3H3. The molecular weight excluding hydrogens is 193 g/mol. The Morgan fingerprint density at radius 3 is 2.47 bits per heavy atom. The lowest BCUT2D eigenvalue weighted by molar-refractivity contribution is -0.145. The summed E-state index contributed by atoms with van der Waals surface area (Å²) >= 11 is 0. The molecule has 5 heteroatoms. The minimum atomic E-state index is -0.414. The Bertz CT molecular complexity index is 247. The summed E-state index contributed by atoms with van der Waals surface area (Å²) in [5.74, 6) is -0.314. The van der Waals surface area contributed by atoms with Crippen LogP contribution in [0.2, 0.25) is 6.82 Å². The molecule has 0 atom stereocenters. The van der Waals surface area contributed by atoms with Gasteiger partial charge < -0.3 is 14.6 Å². The number of ether oxygens (including phenoxy) is 1. The van der Waals surface area contributed by atoms with Crippen molar-refractivity contribution in [1.82, 2.24) is 4.81 Å². The van der Waals surface area contributed by atoms with Gasteiger partial charge >= 0.3 is 13.0 Å². The Hall–Kier alpha value is -0.805. The predicted octanol–water partition coefficient (Wildman–Crippen LogP) is 0.680. The maximum Gasteiger partial charge on any atom is 0.376 e. The van der Waals surface area contributed by atoms with E-state index in [0.29, 0.717) is 5.57 Å². The average molecular weight is 211 g/mol. The SMILES string of the molecule is C=C(C)C(=O)OC1CCN(B(C)O)CC1. The number of piperidine rings is 1. The van der Waals surface area contributed by atoms with E-state index in [-0.39, 0.29) is 12.1 Å². The summed E-state index contributed by atoms with van der Waals surface area (Å²) in [6, 6.07) is 0. The Morgan fingerprint density at radius 1 is 1.53 bits per heavy atom. The number of hydrogen-bond donors (Lipinski definition) is 1. The fourth-order valence-corrected chi connectivity index (χ4v) is 1.62. The fourth-order valence-electron chi connectivity index (χ4n) is 1.62. The van der Waals surface area contributed by atoms with E-state index in [1.54, 1.807) is 13.7 Å². The predicted molar refractivity (Wildman–Crippen MR) is 59.3 cm³/mol. The maximum atomic E-state index is 11.2. The highest BCUT2D eigenvalue weighted by Crippen LogP contribution is 2.15. The molecule has 1 rings (SSSR count). The van der Waals surface area contributed by atoms with E-state index in [0.717, 1.165) is 25.9 Å². The molecule has 1 aliphatic rings. The fraction of sp³-hybridized carbons (Fsp3) is 0.700. The van der Waals surface area contributed by atoms with Gasteiger partial charge in [-0.3, -0.25) is 0 Å². The van der Waals surface area contributed by atoms with Crippen molar-refractivity contribution in [2.75, 3.05) is 13.1 Å². The molecule has 0 aromatic carbocycles. The minimum absolute atomic E-state index is 0.0239. The van der Waals surface area contributed by atoms with Gasteiger partial charge in [0.2, 0.25) is 0 Å². The van der Waals surface area contributed by atoms with Crippen LogP contribution in [-0.4, -0.2) is 42.0 Å². The summed E-state index contributed by atoms with van der Waals surface area (Å²) in [6.07, 6.45) is 1.54.